The summed E-state index contributed by atoms with van der Waals surface area (Å²) >= 11 is 1.32. The fourth-order valence-electron chi connectivity index (χ4n) is 2.14. The maximum absolute atomic E-state index is 11.8. The van der Waals surface area contributed by atoms with Gasteiger partial charge in [0.25, 0.3) is 0 Å². The first-order valence-corrected chi connectivity index (χ1v) is 7.65. The molecule has 0 saturated carbocycles. The van der Waals surface area contributed by atoms with Gasteiger partial charge in [0, 0.05) is 6.61 Å². The highest BCUT2D eigenvalue weighted by molar-refractivity contribution is 7.14. The van der Waals surface area contributed by atoms with E-state index in [2.05, 4.69) is 15.6 Å². The van der Waals surface area contributed by atoms with E-state index in [-0.39, 0.29) is 12.1 Å². The van der Waals surface area contributed by atoms with Crippen LogP contribution in [0.1, 0.15) is 32.4 Å². The van der Waals surface area contributed by atoms with Gasteiger partial charge in [0.05, 0.1) is 23.4 Å². The minimum atomic E-state index is -0.659. The summed E-state index contributed by atoms with van der Waals surface area (Å²) in [5.41, 5.74) is 2.45. The van der Waals surface area contributed by atoms with E-state index in [1.54, 1.807) is 5.51 Å². The summed E-state index contributed by atoms with van der Waals surface area (Å²) in [6, 6.07) is -0.164. The van der Waals surface area contributed by atoms with Gasteiger partial charge in [-0.3, -0.25) is 9.59 Å². The van der Waals surface area contributed by atoms with Gasteiger partial charge in [-0.05, 0) is 26.2 Å². The number of hydrogen-bond donors (Lipinski definition) is 2. The molecule has 0 bridgehead atoms. The molecule has 20 heavy (non-hydrogen) atoms. The maximum atomic E-state index is 11.8. The van der Waals surface area contributed by atoms with E-state index in [1.165, 1.54) is 11.3 Å². The van der Waals surface area contributed by atoms with Gasteiger partial charge in [-0.2, -0.15) is 0 Å². The predicted octanol–water partition coefficient (Wildman–Crippen LogP) is 1.33. The Bertz CT molecular complexity index is 483. The Morgan fingerprint density at radius 2 is 2.35 bits per heavy atom. The van der Waals surface area contributed by atoms with Gasteiger partial charge in [0.15, 0.2) is 0 Å². The summed E-state index contributed by atoms with van der Waals surface area (Å²) < 4.78 is 5.48. The molecule has 0 unspecified atom stereocenters. The van der Waals surface area contributed by atoms with E-state index in [0.717, 1.165) is 25.1 Å². The third-order valence-electron chi connectivity index (χ3n) is 3.29. The van der Waals surface area contributed by atoms with Gasteiger partial charge < -0.3 is 15.4 Å². The molecule has 2 heterocycles. The molecule has 110 valence electrons. The van der Waals surface area contributed by atoms with Gasteiger partial charge in [0.2, 0.25) is 0 Å². The number of anilines is 1. The molecule has 1 fully saturated rings. The van der Waals surface area contributed by atoms with E-state index in [9.17, 15) is 9.59 Å². The number of nitrogens with zero attached hydrogens (tertiary/aromatic N) is 1. The minimum absolute atomic E-state index is 0.00126. The Balaban J connectivity index is 1.87. The third kappa shape index (κ3) is 3.55. The first kappa shape index (κ1) is 14.9. The van der Waals surface area contributed by atoms with Crippen LogP contribution in [-0.4, -0.2) is 35.6 Å². The molecule has 1 aromatic heterocycles. The van der Waals surface area contributed by atoms with Crippen molar-refractivity contribution in [3.63, 3.8) is 0 Å². The number of hydrogen-bond acceptors (Lipinski definition) is 5. The van der Waals surface area contributed by atoms with E-state index >= 15 is 0 Å². The van der Waals surface area contributed by atoms with Crippen LogP contribution in [0.25, 0.3) is 0 Å². The number of aryl methyl sites for hydroxylation is 1. The SMILES string of the molecule is CCc1ncsc1NC(=O)C(=O)N[C@H](C)[C@@H]1CCCO1. The zero-order valence-corrected chi connectivity index (χ0v) is 12.5. The zero-order valence-electron chi connectivity index (χ0n) is 11.6. The fraction of sp³-hybridized carbons (Fsp3) is 0.615. The largest absolute Gasteiger partial charge is 0.376 e. The summed E-state index contributed by atoms with van der Waals surface area (Å²) in [5, 5.41) is 5.92. The molecular weight excluding hydrogens is 278 g/mol. The second kappa shape index (κ2) is 6.81. The standard InChI is InChI=1S/C13H19N3O3S/c1-3-9-13(20-7-14-9)16-12(18)11(17)15-8(2)10-5-4-6-19-10/h7-8,10H,3-6H2,1-2H3,(H,15,17)(H,16,18)/t8-,10+/m1/s1. The molecule has 2 amide bonds. The zero-order chi connectivity index (χ0) is 14.5. The number of nitrogens with one attached hydrogen (secondary N) is 2. The number of aromatic nitrogens is 1. The molecular formula is C13H19N3O3S. The second-order valence-corrected chi connectivity index (χ2v) is 5.60. The Kier molecular flexibility index (Phi) is 5.08. The van der Waals surface area contributed by atoms with Crippen molar-refractivity contribution in [2.24, 2.45) is 0 Å². The first-order valence-electron chi connectivity index (χ1n) is 6.77. The number of carbonyl (C=O) groups is 2. The van der Waals surface area contributed by atoms with Crippen molar-refractivity contribution in [2.75, 3.05) is 11.9 Å². The van der Waals surface area contributed by atoms with Crippen LogP contribution in [0.3, 0.4) is 0 Å². The molecule has 1 aromatic rings. The predicted molar refractivity (Wildman–Crippen MR) is 76.7 cm³/mol. The van der Waals surface area contributed by atoms with Crippen LogP contribution in [0.4, 0.5) is 5.00 Å². The lowest BCUT2D eigenvalue weighted by molar-refractivity contribution is -0.137. The maximum Gasteiger partial charge on any atom is 0.314 e. The van der Waals surface area contributed by atoms with Crippen LogP contribution in [0, 0.1) is 0 Å². The molecule has 0 radical (unpaired) electrons. The van der Waals surface area contributed by atoms with Crippen LogP contribution in [-0.2, 0) is 20.7 Å². The number of rotatable bonds is 4. The van der Waals surface area contributed by atoms with Crippen molar-refractivity contribution < 1.29 is 14.3 Å². The van der Waals surface area contributed by atoms with Crippen LogP contribution in [0.15, 0.2) is 5.51 Å². The lowest BCUT2D eigenvalue weighted by Crippen LogP contribution is -2.45. The van der Waals surface area contributed by atoms with Crippen LogP contribution < -0.4 is 10.6 Å². The normalized spacial score (nSPS) is 19.6. The lowest BCUT2D eigenvalue weighted by atomic mass is 10.1. The smallest absolute Gasteiger partial charge is 0.314 e. The van der Waals surface area contributed by atoms with Gasteiger partial charge in [-0.15, -0.1) is 11.3 Å². The van der Waals surface area contributed by atoms with Crippen molar-refractivity contribution in [3.8, 4) is 0 Å². The Morgan fingerprint density at radius 1 is 1.55 bits per heavy atom. The van der Waals surface area contributed by atoms with Gasteiger partial charge in [-0.25, -0.2) is 4.98 Å². The monoisotopic (exact) mass is 297 g/mol. The Labute approximate surface area is 121 Å². The second-order valence-electron chi connectivity index (χ2n) is 4.75. The van der Waals surface area contributed by atoms with Crippen LogP contribution >= 0.6 is 11.3 Å². The average molecular weight is 297 g/mol. The molecule has 1 aliphatic heterocycles. The molecule has 7 heteroatoms. The summed E-state index contributed by atoms with van der Waals surface area (Å²) in [7, 11) is 0. The third-order valence-corrected chi connectivity index (χ3v) is 4.07. The Hall–Kier alpha value is -1.47. The molecule has 6 nitrogen and oxygen atoms in total. The summed E-state index contributed by atoms with van der Waals surface area (Å²) in [5.74, 6) is -1.29. The number of thiazole rings is 1. The van der Waals surface area contributed by atoms with E-state index in [4.69, 9.17) is 4.74 Å². The molecule has 2 rings (SSSR count). The number of carbonyl (C=O) groups excluding carboxylic acids is 2. The molecule has 0 aromatic carbocycles. The van der Waals surface area contributed by atoms with E-state index in [1.807, 2.05) is 13.8 Å². The molecule has 2 atom stereocenters. The van der Waals surface area contributed by atoms with Crippen molar-refractivity contribution >= 4 is 28.2 Å². The molecule has 1 saturated heterocycles. The highest BCUT2D eigenvalue weighted by atomic mass is 32.1. The average Bonchev–Trinajstić information content (AvgIpc) is 3.09. The fourth-order valence-corrected chi connectivity index (χ4v) is 2.91. The highest BCUT2D eigenvalue weighted by Crippen LogP contribution is 2.20. The quantitative estimate of drug-likeness (QED) is 0.822. The lowest BCUT2D eigenvalue weighted by Gasteiger charge is -2.19. The van der Waals surface area contributed by atoms with Crippen molar-refractivity contribution in [1.82, 2.24) is 10.3 Å². The first-order chi connectivity index (χ1) is 9.61. The van der Waals surface area contributed by atoms with Crippen molar-refractivity contribution in [2.45, 2.75) is 45.3 Å². The minimum Gasteiger partial charge on any atom is -0.376 e. The van der Waals surface area contributed by atoms with E-state index in [0.29, 0.717) is 11.4 Å². The molecule has 0 aliphatic carbocycles. The molecule has 0 spiro atoms. The summed E-state index contributed by atoms with van der Waals surface area (Å²) in [6.07, 6.45) is 2.63. The van der Waals surface area contributed by atoms with Crippen LogP contribution in [0.2, 0.25) is 0 Å². The van der Waals surface area contributed by atoms with E-state index < -0.39 is 11.8 Å². The highest BCUT2D eigenvalue weighted by Gasteiger charge is 2.26. The van der Waals surface area contributed by atoms with Crippen LogP contribution in [0.5, 0.6) is 0 Å². The van der Waals surface area contributed by atoms with Gasteiger partial charge in [0.1, 0.15) is 5.00 Å². The topological polar surface area (TPSA) is 80.3 Å². The van der Waals surface area contributed by atoms with Crippen molar-refractivity contribution in [3.05, 3.63) is 11.2 Å². The summed E-state index contributed by atoms with van der Waals surface area (Å²) in [6.45, 7) is 4.52. The number of ether oxygens (including phenoxy) is 1. The molecule has 2 N–H and O–H groups in total. The number of amides is 2. The molecule has 1 aliphatic rings. The van der Waals surface area contributed by atoms with Crippen molar-refractivity contribution in [1.29, 1.82) is 0 Å². The van der Waals surface area contributed by atoms with Gasteiger partial charge in [-0.1, -0.05) is 6.92 Å². The van der Waals surface area contributed by atoms with Gasteiger partial charge >= 0.3 is 11.8 Å². The Morgan fingerprint density at radius 3 is 3.00 bits per heavy atom. The summed E-state index contributed by atoms with van der Waals surface area (Å²) in [4.78, 5) is 27.8.